The molecule has 0 aromatic carbocycles. The van der Waals surface area contributed by atoms with E-state index in [0.717, 1.165) is 12.2 Å². The lowest BCUT2D eigenvalue weighted by Gasteiger charge is -2.20. The number of anilines is 1. The Morgan fingerprint density at radius 3 is 3.00 bits per heavy atom. The molecule has 1 aromatic heterocycles. The van der Waals surface area contributed by atoms with Crippen molar-refractivity contribution in [3.05, 3.63) is 24.0 Å². The summed E-state index contributed by atoms with van der Waals surface area (Å²) in [6, 6.07) is 3.81. The van der Waals surface area contributed by atoms with Crippen LogP contribution < -0.4 is 4.90 Å². The molecule has 0 saturated carbocycles. The molecule has 0 radical (unpaired) electrons. The molecule has 0 spiro atoms. The first-order valence-corrected chi connectivity index (χ1v) is 4.36. The third-order valence-electron chi connectivity index (χ3n) is 1.93. The van der Waals surface area contributed by atoms with Crippen LogP contribution in [-0.4, -0.2) is 18.1 Å². The largest absolute Gasteiger partial charge is 0.358 e. The molecule has 70 valence electrons. The number of hydrogen-bond acceptors (Lipinski definition) is 3. The van der Waals surface area contributed by atoms with Crippen molar-refractivity contribution in [3.63, 3.8) is 0 Å². The molecule has 0 saturated heterocycles. The van der Waals surface area contributed by atoms with Gasteiger partial charge in [0.05, 0.1) is 24.0 Å². The maximum Gasteiger partial charge on any atom is 0.101 e. The summed E-state index contributed by atoms with van der Waals surface area (Å²) in [6.45, 7) is 3.26. The van der Waals surface area contributed by atoms with Crippen molar-refractivity contribution >= 4 is 5.69 Å². The van der Waals surface area contributed by atoms with Crippen molar-refractivity contribution in [2.45, 2.75) is 6.92 Å². The molecule has 3 nitrogen and oxygen atoms in total. The van der Waals surface area contributed by atoms with Gasteiger partial charge in [0.1, 0.15) is 6.07 Å². The van der Waals surface area contributed by atoms with Gasteiger partial charge in [0.15, 0.2) is 0 Å². The van der Waals surface area contributed by atoms with Crippen LogP contribution in [0.3, 0.4) is 0 Å². The van der Waals surface area contributed by atoms with Crippen LogP contribution in [0.5, 0.6) is 0 Å². The molecule has 0 bridgehead atoms. The van der Waals surface area contributed by atoms with Crippen molar-refractivity contribution in [1.82, 2.24) is 4.98 Å². The van der Waals surface area contributed by atoms with E-state index in [1.54, 1.807) is 18.5 Å². The molecule has 14 heavy (non-hydrogen) atoms. The number of nitriles is 1. The Morgan fingerprint density at radius 2 is 2.43 bits per heavy atom. The summed E-state index contributed by atoms with van der Waals surface area (Å²) in [7, 11) is 0. The minimum absolute atomic E-state index is 0.497. The highest BCUT2D eigenvalue weighted by molar-refractivity contribution is 5.58. The molecule has 0 N–H and O–H groups in total. The van der Waals surface area contributed by atoms with E-state index >= 15 is 0 Å². The van der Waals surface area contributed by atoms with Crippen LogP contribution in [0, 0.1) is 23.7 Å². The monoisotopic (exact) mass is 185 g/mol. The molecule has 3 heteroatoms. The maximum atomic E-state index is 8.87. The van der Waals surface area contributed by atoms with Gasteiger partial charge in [0.25, 0.3) is 0 Å². The average molecular weight is 185 g/mol. The maximum absolute atomic E-state index is 8.87. The first-order valence-electron chi connectivity index (χ1n) is 4.36. The van der Waals surface area contributed by atoms with Gasteiger partial charge in [-0.05, 0) is 13.0 Å². The minimum Gasteiger partial charge on any atom is -0.358 e. The summed E-state index contributed by atoms with van der Waals surface area (Å²) in [5, 5.41) is 8.87. The molecule has 0 aliphatic carbocycles. The van der Waals surface area contributed by atoms with E-state index in [1.165, 1.54) is 0 Å². The van der Waals surface area contributed by atoms with Gasteiger partial charge in [-0.2, -0.15) is 5.26 Å². The van der Waals surface area contributed by atoms with Crippen LogP contribution in [-0.2, 0) is 0 Å². The number of hydrogen-bond donors (Lipinski definition) is 0. The first-order chi connectivity index (χ1) is 6.83. The minimum atomic E-state index is 0.497. The fourth-order valence-electron chi connectivity index (χ4n) is 1.21. The van der Waals surface area contributed by atoms with Gasteiger partial charge in [0, 0.05) is 12.7 Å². The fourth-order valence-corrected chi connectivity index (χ4v) is 1.21. The van der Waals surface area contributed by atoms with Gasteiger partial charge < -0.3 is 4.90 Å². The van der Waals surface area contributed by atoms with Gasteiger partial charge in [-0.15, -0.1) is 6.42 Å². The van der Waals surface area contributed by atoms with Gasteiger partial charge in [0.2, 0.25) is 0 Å². The number of rotatable bonds is 3. The number of nitrogens with zero attached hydrogens (tertiary/aromatic N) is 3. The smallest absolute Gasteiger partial charge is 0.101 e. The molecule has 0 fully saturated rings. The van der Waals surface area contributed by atoms with Crippen molar-refractivity contribution < 1.29 is 0 Å². The van der Waals surface area contributed by atoms with E-state index in [-0.39, 0.29) is 0 Å². The van der Waals surface area contributed by atoms with E-state index in [2.05, 4.69) is 17.0 Å². The zero-order valence-electron chi connectivity index (χ0n) is 8.07. The topological polar surface area (TPSA) is 39.9 Å². The molecular formula is C11H11N3. The Balaban J connectivity index is 3.05. The molecule has 1 heterocycles. The van der Waals surface area contributed by atoms with E-state index < -0.39 is 0 Å². The molecule has 0 aliphatic heterocycles. The lowest BCUT2D eigenvalue weighted by Crippen LogP contribution is -2.23. The third kappa shape index (κ3) is 2.02. The molecule has 0 atom stereocenters. The Labute approximate surface area is 84.0 Å². The van der Waals surface area contributed by atoms with Crippen LogP contribution in [0.2, 0.25) is 0 Å². The van der Waals surface area contributed by atoms with Crippen molar-refractivity contribution in [2.24, 2.45) is 0 Å². The Morgan fingerprint density at radius 1 is 1.64 bits per heavy atom. The average Bonchev–Trinajstić information content (AvgIpc) is 2.26. The second kappa shape index (κ2) is 4.89. The van der Waals surface area contributed by atoms with E-state index in [0.29, 0.717) is 12.1 Å². The van der Waals surface area contributed by atoms with Gasteiger partial charge in [-0.1, -0.05) is 5.92 Å². The zero-order chi connectivity index (χ0) is 10.4. The quantitative estimate of drug-likeness (QED) is 0.668. The summed E-state index contributed by atoms with van der Waals surface area (Å²) in [5.41, 5.74) is 1.41. The molecular weight excluding hydrogens is 174 g/mol. The normalized spacial score (nSPS) is 8.79. The van der Waals surface area contributed by atoms with E-state index in [1.807, 2.05) is 11.8 Å². The number of terminal acetylenes is 1. The van der Waals surface area contributed by atoms with Crippen LogP contribution in [0.15, 0.2) is 18.5 Å². The van der Waals surface area contributed by atoms with Crippen LogP contribution in [0.25, 0.3) is 0 Å². The number of aromatic nitrogens is 1. The molecule has 0 aliphatic rings. The highest BCUT2D eigenvalue weighted by atomic mass is 15.1. The molecule has 1 aromatic rings. The Bertz CT molecular complexity index is 384. The number of pyridine rings is 1. The van der Waals surface area contributed by atoms with Crippen LogP contribution >= 0.6 is 0 Å². The zero-order valence-corrected chi connectivity index (χ0v) is 8.07. The Kier molecular flexibility index (Phi) is 3.52. The molecule has 1 rings (SSSR count). The summed E-state index contributed by atoms with van der Waals surface area (Å²) < 4.78 is 0. The van der Waals surface area contributed by atoms with Crippen molar-refractivity contribution in [1.29, 1.82) is 5.26 Å². The summed E-state index contributed by atoms with van der Waals surface area (Å²) in [6.07, 6.45) is 8.51. The van der Waals surface area contributed by atoms with Crippen LogP contribution in [0.1, 0.15) is 12.5 Å². The first kappa shape index (κ1) is 10.1. The van der Waals surface area contributed by atoms with E-state index in [9.17, 15) is 0 Å². The summed E-state index contributed by atoms with van der Waals surface area (Å²) >= 11 is 0. The van der Waals surface area contributed by atoms with Crippen LogP contribution in [0.4, 0.5) is 5.69 Å². The van der Waals surface area contributed by atoms with E-state index in [4.69, 9.17) is 11.7 Å². The summed E-state index contributed by atoms with van der Waals surface area (Å²) in [5.74, 6) is 2.56. The van der Waals surface area contributed by atoms with Gasteiger partial charge >= 0.3 is 0 Å². The van der Waals surface area contributed by atoms with Gasteiger partial charge in [-0.3, -0.25) is 4.98 Å². The third-order valence-corrected chi connectivity index (χ3v) is 1.93. The lowest BCUT2D eigenvalue weighted by molar-refractivity contribution is 0.910. The summed E-state index contributed by atoms with van der Waals surface area (Å²) in [4.78, 5) is 5.92. The van der Waals surface area contributed by atoms with Crippen molar-refractivity contribution in [3.8, 4) is 18.4 Å². The van der Waals surface area contributed by atoms with Gasteiger partial charge in [-0.25, -0.2) is 0 Å². The predicted molar refractivity (Wildman–Crippen MR) is 55.7 cm³/mol. The second-order valence-electron chi connectivity index (χ2n) is 2.72. The molecule has 0 amide bonds. The predicted octanol–water partition coefficient (Wildman–Crippen LogP) is 1.41. The van der Waals surface area contributed by atoms with Crippen molar-refractivity contribution in [2.75, 3.05) is 18.0 Å². The SMILES string of the molecule is C#CCN(CC)c1cnccc1C#N. The highest BCUT2D eigenvalue weighted by Gasteiger charge is 2.07. The molecule has 0 unspecified atom stereocenters. The Hall–Kier alpha value is -2.00. The lowest BCUT2D eigenvalue weighted by atomic mass is 10.2. The second-order valence-corrected chi connectivity index (χ2v) is 2.72. The standard InChI is InChI=1S/C11H11N3/c1-3-7-14(4-2)11-9-13-6-5-10(11)8-12/h1,5-6,9H,4,7H2,2H3. The fraction of sp³-hybridized carbons (Fsp3) is 0.273. The highest BCUT2D eigenvalue weighted by Crippen LogP contribution is 2.17.